The maximum Gasteiger partial charge on any atom is 0.433 e. The van der Waals surface area contributed by atoms with Crippen molar-refractivity contribution in [1.29, 1.82) is 0 Å². The maximum atomic E-state index is 12.4. The third-order valence-electron chi connectivity index (χ3n) is 2.59. The molecule has 0 saturated carbocycles. The molecule has 0 aromatic carbocycles. The summed E-state index contributed by atoms with van der Waals surface area (Å²) in [5, 5.41) is 0. The van der Waals surface area contributed by atoms with Gasteiger partial charge in [-0.15, -0.1) is 0 Å². The number of methoxy groups -OCH3 is 1. The smallest absolute Gasteiger partial charge is 0.384 e. The first-order valence-corrected chi connectivity index (χ1v) is 5.85. The van der Waals surface area contributed by atoms with E-state index in [0.29, 0.717) is 24.4 Å². The summed E-state index contributed by atoms with van der Waals surface area (Å²) in [6, 6.07) is 3.96. The Morgan fingerprint density at radius 3 is 2.55 bits per heavy atom. The van der Waals surface area contributed by atoms with E-state index < -0.39 is 11.9 Å². The molecule has 4 nitrogen and oxygen atoms in total. The molecule has 2 aromatic heterocycles. The van der Waals surface area contributed by atoms with Crippen LogP contribution in [0.1, 0.15) is 11.4 Å². The van der Waals surface area contributed by atoms with Crippen molar-refractivity contribution in [3.8, 4) is 11.4 Å². The van der Waals surface area contributed by atoms with Crippen LogP contribution in [-0.4, -0.2) is 28.7 Å². The molecule has 0 N–H and O–H groups in total. The highest BCUT2D eigenvalue weighted by Crippen LogP contribution is 2.28. The molecule has 0 radical (unpaired) electrons. The van der Waals surface area contributed by atoms with Crippen LogP contribution in [0.4, 0.5) is 13.2 Å². The highest BCUT2D eigenvalue weighted by molar-refractivity contribution is 5.53. The van der Waals surface area contributed by atoms with Gasteiger partial charge < -0.3 is 4.74 Å². The van der Waals surface area contributed by atoms with Crippen molar-refractivity contribution in [3.05, 3.63) is 42.0 Å². The van der Waals surface area contributed by atoms with Crippen molar-refractivity contribution < 1.29 is 17.9 Å². The average Bonchev–Trinajstić information content (AvgIpc) is 2.45. The third-order valence-corrected chi connectivity index (χ3v) is 2.59. The zero-order valence-electron chi connectivity index (χ0n) is 10.7. The second kappa shape index (κ2) is 5.96. The first-order chi connectivity index (χ1) is 9.50. The Morgan fingerprint density at radius 2 is 1.95 bits per heavy atom. The van der Waals surface area contributed by atoms with Gasteiger partial charge in [0.05, 0.1) is 6.61 Å². The summed E-state index contributed by atoms with van der Waals surface area (Å²) in [5.74, 6) is 0.347. The third kappa shape index (κ3) is 3.51. The van der Waals surface area contributed by atoms with E-state index >= 15 is 0 Å². The monoisotopic (exact) mass is 283 g/mol. The molecule has 0 amide bonds. The molecular formula is C13H12F3N3O. The number of aromatic nitrogens is 3. The quantitative estimate of drug-likeness (QED) is 0.865. The van der Waals surface area contributed by atoms with Gasteiger partial charge >= 0.3 is 6.18 Å². The fourth-order valence-electron chi connectivity index (χ4n) is 1.57. The van der Waals surface area contributed by atoms with Crippen LogP contribution in [0.2, 0.25) is 0 Å². The first kappa shape index (κ1) is 14.4. The van der Waals surface area contributed by atoms with Gasteiger partial charge in [-0.2, -0.15) is 13.2 Å². The van der Waals surface area contributed by atoms with Gasteiger partial charge in [0.2, 0.25) is 0 Å². The number of rotatable bonds is 4. The number of halogens is 3. The summed E-state index contributed by atoms with van der Waals surface area (Å²) in [6.07, 6.45) is -1.15. The molecule has 0 aliphatic rings. The van der Waals surface area contributed by atoms with Gasteiger partial charge in [0, 0.05) is 37.2 Å². The molecule has 0 atom stereocenters. The van der Waals surface area contributed by atoms with Crippen LogP contribution < -0.4 is 0 Å². The van der Waals surface area contributed by atoms with Gasteiger partial charge in [-0.1, -0.05) is 0 Å². The number of nitrogens with zero attached hydrogens (tertiary/aromatic N) is 3. The second-order valence-corrected chi connectivity index (χ2v) is 4.04. The number of hydrogen-bond donors (Lipinski definition) is 0. The summed E-state index contributed by atoms with van der Waals surface area (Å²) in [7, 11) is 1.59. The average molecular weight is 283 g/mol. The van der Waals surface area contributed by atoms with E-state index in [9.17, 15) is 13.2 Å². The Labute approximate surface area is 113 Å². The van der Waals surface area contributed by atoms with E-state index in [2.05, 4.69) is 15.0 Å². The molecule has 0 unspecified atom stereocenters. The topological polar surface area (TPSA) is 47.9 Å². The summed E-state index contributed by atoms with van der Waals surface area (Å²) >= 11 is 0. The zero-order chi connectivity index (χ0) is 14.6. The lowest BCUT2D eigenvalue weighted by molar-refractivity contribution is -0.141. The van der Waals surface area contributed by atoms with Gasteiger partial charge in [0.1, 0.15) is 5.69 Å². The molecule has 0 fully saturated rings. The number of ether oxygens (including phenoxy) is 1. The summed E-state index contributed by atoms with van der Waals surface area (Å²) in [5.41, 5.74) is 0.269. The van der Waals surface area contributed by atoms with Crippen molar-refractivity contribution >= 4 is 0 Å². The Morgan fingerprint density at radius 1 is 1.15 bits per heavy atom. The lowest BCUT2D eigenvalue weighted by Crippen LogP contribution is -2.07. The Kier molecular flexibility index (Phi) is 4.29. The SMILES string of the molecule is COCCc1ccnc(-c2ccc(C(F)(F)F)nc2)n1. The number of alkyl halides is 3. The van der Waals surface area contributed by atoms with Crippen LogP contribution in [0.5, 0.6) is 0 Å². The highest BCUT2D eigenvalue weighted by atomic mass is 19.4. The predicted octanol–water partition coefficient (Wildman–Crippen LogP) is 2.75. The lowest BCUT2D eigenvalue weighted by Gasteiger charge is -2.06. The molecule has 2 aromatic rings. The lowest BCUT2D eigenvalue weighted by atomic mass is 10.2. The van der Waals surface area contributed by atoms with Crippen LogP contribution in [0.25, 0.3) is 11.4 Å². The van der Waals surface area contributed by atoms with Crippen LogP contribution in [0, 0.1) is 0 Å². The van der Waals surface area contributed by atoms with E-state index in [0.717, 1.165) is 18.0 Å². The van der Waals surface area contributed by atoms with Gasteiger partial charge in [0.25, 0.3) is 0 Å². The Hall–Kier alpha value is -2.02. The maximum absolute atomic E-state index is 12.4. The zero-order valence-corrected chi connectivity index (χ0v) is 10.7. The minimum absolute atomic E-state index is 0.347. The molecule has 106 valence electrons. The van der Waals surface area contributed by atoms with Crippen molar-refractivity contribution in [2.75, 3.05) is 13.7 Å². The Bertz CT molecular complexity index is 570. The molecular weight excluding hydrogens is 271 g/mol. The molecule has 20 heavy (non-hydrogen) atoms. The highest BCUT2D eigenvalue weighted by Gasteiger charge is 2.32. The summed E-state index contributed by atoms with van der Waals surface area (Å²) in [4.78, 5) is 11.7. The van der Waals surface area contributed by atoms with Crippen molar-refractivity contribution in [1.82, 2.24) is 15.0 Å². The molecule has 2 rings (SSSR count). The molecule has 0 aliphatic carbocycles. The minimum Gasteiger partial charge on any atom is -0.384 e. The molecule has 2 heterocycles. The van der Waals surface area contributed by atoms with E-state index in [1.165, 1.54) is 6.07 Å². The van der Waals surface area contributed by atoms with E-state index in [-0.39, 0.29) is 0 Å². The second-order valence-electron chi connectivity index (χ2n) is 4.04. The molecule has 0 bridgehead atoms. The molecule has 0 spiro atoms. The molecule has 0 aliphatic heterocycles. The van der Waals surface area contributed by atoms with Crippen LogP contribution in [0.15, 0.2) is 30.6 Å². The first-order valence-electron chi connectivity index (χ1n) is 5.85. The summed E-state index contributed by atoms with van der Waals surface area (Å²) < 4.78 is 42.2. The normalized spacial score (nSPS) is 11.6. The number of hydrogen-bond acceptors (Lipinski definition) is 4. The fraction of sp³-hybridized carbons (Fsp3) is 0.308. The van der Waals surface area contributed by atoms with Gasteiger partial charge in [0.15, 0.2) is 5.82 Å². The molecule has 7 heteroatoms. The van der Waals surface area contributed by atoms with E-state index in [4.69, 9.17) is 4.74 Å². The largest absolute Gasteiger partial charge is 0.433 e. The van der Waals surface area contributed by atoms with Gasteiger partial charge in [-0.25, -0.2) is 9.97 Å². The summed E-state index contributed by atoms with van der Waals surface area (Å²) in [6.45, 7) is 0.516. The van der Waals surface area contributed by atoms with Gasteiger partial charge in [-0.3, -0.25) is 4.98 Å². The number of pyridine rings is 1. The fourth-order valence-corrected chi connectivity index (χ4v) is 1.57. The van der Waals surface area contributed by atoms with Crippen molar-refractivity contribution in [3.63, 3.8) is 0 Å². The minimum atomic E-state index is -4.44. The van der Waals surface area contributed by atoms with Crippen LogP contribution >= 0.6 is 0 Å². The van der Waals surface area contributed by atoms with Crippen molar-refractivity contribution in [2.45, 2.75) is 12.6 Å². The Balaban J connectivity index is 2.23. The van der Waals surface area contributed by atoms with E-state index in [1.807, 2.05) is 0 Å². The van der Waals surface area contributed by atoms with Gasteiger partial charge in [-0.05, 0) is 18.2 Å². The predicted molar refractivity (Wildman–Crippen MR) is 65.8 cm³/mol. The van der Waals surface area contributed by atoms with Crippen molar-refractivity contribution in [2.24, 2.45) is 0 Å². The standard InChI is InChI=1S/C13H12F3N3O/c1-20-7-5-10-4-6-17-12(19-10)9-2-3-11(18-8-9)13(14,15)16/h2-4,6,8H,5,7H2,1H3. The van der Waals surface area contributed by atoms with Crippen LogP contribution in [-0.2, 0) is 17.3 Å². The van der Waals surface area contributed by atoms with Crippen LogP contribution in [0.3, 0.4) is 0 Å². The van der Waals surface area contributed by atoms with E-state index in [1.54, 1.807) is 19.4 Å². The molecule has 0 saturated heterocycles.